The van der Waals surface area contributed by atoms with Gasteiger partial charge in [-0.05, 0) is 12.8 Å². The molecule has 1 aliphatic carbocycles. The van der Waals surface area contributed by atoms with Gasteiger partial charge in [0.2, 0.25) is 4.96 Å². The maximum atomic E-state index is 12.7. The van der Waals surface area contributed by atoms with Gasteiger partial charge in [0.1, 0.15) is 5.01 Å². The van der Waals surface area contributed by atoms with Gasteiger partial charge in [0.25, 0.3) is 5.82 Å². The van der Waals surface area contributed by atoms with E-state index in [0.29, 0.717) is 11.6 Å². The minimum atomic E-state index is -4.54. The van der Waals surface area contributed by atoms with E-state index < -0.39 is 12.0 Å². The summed E-state index contributed by atoms with van der Waals surface area (Å²) in [7, 11) is 0. The Hall–Kier alpha value is -1.22. The maximum Gasteiger partial charge on any atom is 0.453 e. The van der Waals surface area contributed by atoms with Crippen LogP contribution in [-0.4, -0.2) is 26.4 Å². The van der Waals surface area contributed by atoms with Gasteiger partial charge < -0.3 is 5.73 Å². The van der Waals surface area contributed by atoms with Crippen LogP contribution in [0.4, 0.5) is 13.2 Å². The van der Waals surface area contributed by atoms with Crippen molar-refractivity contribution in [3.05, 3.63) is 10.8 Å². The van der Waals surface area contributed by atoms with Crippen LogP contribution in [0.5, 0.6) is 0 Å². The molecular formula is C9H10F3N5S. The summed E-state index contributed by atoms with van der Waals surface area (Å²) in [5, 5.41) is 11.3. The minimum Gasteiger partial charge on any atom is -0.329 e. The van der Waals surface area contributed by atoms with Crippen LogP contribution in [0.3, 0.4) is 0 Å². The molecule has 2 aromatic rings. The van der Waals surface area contributed by atoms with Crippen molar-refractivity contribution in [3.8, 4) is 0 Å². The Kier molecular flexibility index (Phi) is 2.39. The molecule has 98 valence electrons. The van der Waals surface area contributed by atoms with Crippen molar-refractivity contribution in [2.24, 2.45) is 5.73 Å². The molecule has 0 radical (unpaired) electrons. The second kappa shape index (κ2) is 3.64. The lowest BCUT2D eigenvalue weighted by atomic mass is 9.69. The predicted molar refractivity (Wildman–Crippen MR) is 58.2 cm³/mol. The zero-order chi connectivity index (χ0) is 13.0. The normalized spacial score (nSPS) is 19.1. The first-order valence-corrected chi connectivity index (χ1v) is 6.28. The molecule has 9 heteroatoms. The summed E-state index contributed by atoms with van der Waals surface area (Å²) in [6, 6.07) is 0. The molecule has 0 aromatic carbocycles. The fraction of sp³-hybridized carbons (Fsp3) is 0.667. The van der Waals surface area contributed by atoms with Gasteiger partial charge in [-0.15, -0.1) is 10.2 Å². The monoisotopic (exact) mass is 277 g/mol. The largest absolute Gasteiger partial charge is 0.453 e. The smallest absolute Gasteiger partial charge is 0.329 e. The third-order valence-corrected chi connectivity index (χ3v) is 4.54. The summed E-state index contributed by atoms with van der Waals surface area (Å²) in [6.45, 7) is 0.401. The van der Waals surface area contributed by atoms with Crippen molar-refractivity contribution >= 4 is 16.3 Å². The second-order valence-corrected chi connectivity index (χ2v) is 5.42. The highest BCUT2D eigenvalue weighted by Crippen LogP contribution is 2.44. The van der Waals surface area contributed by atoms with Gasteiger partial charge >= 0.3 is 6.18 Å². The minimum absolute atomic E-state index is 0.164. The van der Waals surface area contributed by atoms with E-state index in [1.807, 2.05) is 0 Å². The van der Waals surface area contributed by atoms with Crippen LogP contribution in [0.2, 0.25) is 0 Å². The molecule has 2 aromatic heterocycles. The number of fused-ring (bicyclic) bond motifs is 1. The average Bonchev–Trinajstić information content (AvgIpc) is 2.73. The first-order chi connectivity index (χ1) is 8.46. The Morgan fingerprint density at radius 1 is 1.33 bits per heavy atom. The summed E-state index contributed by atoms with van der Waals surface area (Å²) in [6.07, 6.45) is -1.77. The highest BCUT2D eigenvalue weighted by Gasteiger charge is 2.43. The van der Waals surface area contributed by atoms with Crippen LogP contribution in [0.25, 0.3) is 4.96 Å². The van der Waals surface area contributed by atoms with Gasteiger partial charge in [0.15, 0.2) is 0 Å². The fourth-order valence-corrected chi connectivity index (χ4v) is 3.21. The molecule has 2 N–H and O–H groups in total. The number of aromatic nitrogens is 4. The molecule has 5 nitrogen and oxygen atoms in total. The van der Waals surface area contributed by atoms with E-state index in [1.165, 1.54) is 0 Å². The Bertz CT molecular complexity index is 577. The van der Waals surface area contributed by atoms with Gasteiger partial charge in [-0.3, -0.25) is 0 Å². The Balaban J connectivity index is 2.10. The Morgan fingerprint density at radius 3 is 2.56 bits per heavy atom. The Labute approximate surface area is 104 Å². The van der Waals surface area contributed by atoms with Gasteiger partial charge in [0.05, 0.1) is 0 Å². The number of hydrogen-bond donors (Lipinski definition) is 1. The van der Waals surface area contributed by atoms with Gasteiger partial charge in [-0.1, -0.05) is 17.8 Å². The third kappa shape index (κ3) is 1.53. The molecule has 2 heterocycles. The summed E-state index contributed by atoms with van der Waals surface area (Å²) in [5.41, 5.74) is 5.46. The molecule has 3 rings (SSSR count). The van der Waals surface area contributed by atoms with E-state index >= 15 is 0 Å². The van der Waals surface area contributed by atoms with Crippen molar-refractivity contribution in [2.45, 2.75) is 30.9 Å². The molecule has 1 fully saturated rings. The van der Waals surface area contributed by atoms with Gasteiger partial charge in [0, 0.05) is 12.0 Å². The maximum absolute atomic E-state index is 12.7. The number of halogens is 3. The molecule has 0 aliphatic heterocycles. The number of nitrogens with two attached hydrogens (primary N) is 1. The predicted octanol–water partition coefficient (Wildman–Crippen LogP) is 1.59. The molecule has 1 saturated carbocycles. The summed E-state index contributed by atoms with van der Waals surface area (Å²) < 4.78 is 38.7. The Morgan fingerprint density at radius 2 is 2.06 bits per heavy atom. The number of hydrogen-bond acceptors (Lipinski definition) is 5. The lowest BCUT2D eigenvalue weighted by molar-refractivity contribution is -0.146. The molecule has 0 bridgehead atoms. The summed E-state index contributed by atoms with van der Waals surface area (Å²) >= 11 is 1.14. The van der Waals surface area contributed by atoms with Crippen LogP contribution >= 0.6 is 11.3 Å². The number of rotatable bonds is 2. The second-order valence-electron chi connectivity index (χ2n) is 4.46. The fourth-order valence-electron chi connectivity index (χ4n) is 2.12. The van der Waals surface area contributed by atoms with Gasteiger partial charge in [-0.2, -0.15) is 22.8 Å². The van der Waals surface area contributed by atoms with Crippen molar-refractivity contribution in [1.82, 2.24) is 19.8 Å². The molecule has 18 heavy (non-hydrogen) atoms. The van der Waals surface area contributed by atoms with Crippen LogP contribution in [-0.2, 0) is 11.6 Å². The lowest BCUT2D eigenvalue weighted by Crippen LogP contribution is -2.41. The van der Waals surface area contributed by atoms with Crippen LogP contribution < -0.4 is 5.73 Å². The first-order valence-electron chi connectivity index (χ1n) is 5.46. The standard InChI is InChI=1S/C9H10F3N5S/c10-9(11,12)5-14-15-7-17(5)16-6(18-7)8(4-13)2-1-3-8/h1-4,13H2. The van der Waals surface area contributed by atoms with E-state index in [-0.39, 0.29) is 10.4 Å². The summed E-state index contributed by atoms with van der Waals surface area (Å²) in [5.74, 6) is -1.08. The molecule has 0 amide bonds. The van der Waals surface area contributed by atoms with Crippen LogP contribution in [0, 0.1) is 0 Å². The molecule has 0 atom stereocenters. The topological polar surface area (TPSA) is 69.1 Å². The van der Waals surface area contributed by atoms with Crippen molar-refractivity contribution in [2.75, 3.05) is 6.54 Å². The van der Waals surface area contributed by atoms with Crippen LogP contribution in [0.1, 0.15) is 30.1 Å². The highest BCUT2D eigenvalue weighted by atomic mass is 32.1. The zero-order valence-corrected chi connectivity index (χ0v) is 10.1. The molecular weight excluding hydrogens is 267 g/mol. The molecule has 0 spiro atoms. The van der Waals surface area contributed by atoms with E-state index in [1.54, 1.807) is 0 Å². The van der Waals surface area contributed by atoms with Crippen molar-refractivity contribution < 1.29 is 13.2 Å². The number of nitrogens with zero attached hydrogens (tertiary/aromatic N) is 4. The third-order valence-electron chi connectivity index (χ3n) is 3.40. The van der Waals surface area contributed by atoms with E-state index in [4.69, 9.17) is 5.73 Å². The van der Waals surface area contributed by atoms with Crippen LogP contribution in [0.15, 0.2) is 0 Å². The quantitative estimate of drug-likeness (QED) is 0.905. The lowest BCUT2D eigenvalue weighted by Gasteiger charge is -2.38. The van der Waals surface area contributed by atoms with E-state index in [9.17, 15) is 13.2 Å². The zero-order valence-electron chi connectivity index (χ0n) is 9.24. The van der Waals surface area contributed by atoms with Gasteiger partial charge in [-0.25, -0.2) is 0 Å². The SMILES string of the molecule is NCC1(c2nn3c(C(F)(F)F)nnc3s2)CCC1. The molecule has 0 unspecified atom stereocenters. The molecule has 1 aliphatic rings. The summed E-state index contributed by atoms with van der Waals surface area (Å²) in [4.78, 5) is 0.164. The first kappa shape index (κ1) is 11.8. The molecule has 0 saturated heterocycles. The highest BCUT2D eigenvalue weighted by molar-refractivity contribution is 7.16. The number of alkyl halides is 3. The average molecular weight is 277 g/mol. The van der Waals surface area contributed by atoms with Crippen molar-refractivity contribution in [1.29, 1.82) is 0 Å². The van der Waals surface area contributed by atoms with E-state index in [2.05, 4.69) is 15.3 Å². The van der Waals surface area contributed by atoms with E-state index in [0.717, 1.165) is 35.1 Å². The van der Waals surface area contributed by atoms with Crippen molar-refractivity contribution in [3.63, 3.8) is 0 Å².